The summed E-state index contributed by atoms with van der Waals surface area (Å²) in [4.78, 5) is 10.2. The smallest absolute Gasteiger partial charge is 0.271 e. The fourth-order valence-corrected chi connectivity index (χ4v) is 1.66. The molecule has 2 aromatic rings. The average Bonchev–Trinajstić information content (AvgIpc) is 2.85. The van der Waals surface area contributed by atoms with Crippen LogP contribution in [-0.2, 0) is 6.42 Å². The lowest BCUT2D eigenvalue weighted by Gasteiger charge is -2.00. The van der Waals surface area contributed by atoms with Gasteiger partial charge in [0, 0.05) is 24.9 Å². The predicted octanol–water partition coefficient (Wildman–Crippen LogP) is 1.71. The maximum absolute atomic E-state index is 10.7. The third-order valence-electron chi connectivity index (χ3n) is 2.56. The Balaban J connectivity index is 2.23. The van der Waals surface area contributed by atoms with Crippen LogP contribution < -0.4 is 0 Å². The van der Waals surface area contributed by atoms with Gasteiger partial charge < -0.3 is 5.11 Å². The van der Waals surface area contributed by atoms with Crippen LogP contribution in [0.25, 0.3) is 5.69 Å². The van der Waals surface area contributed by atoms with Crippen molar-refractivity contribution in [1.29, 1.82) is 0 Å². The zero-order valence-electron chi connectivity index (χ0n) is 9.69. The number of aliphatic hydroxyl groups is 1. The maximum atomic E-state index is 10.7. The predicted molar refractivity (Wildman–Crippen MR) is 65.6 cm³/mol. The first-order chi connectivity index (χ1) is 8.70. The fourth-order valence-electron chi connectivity index (χ4n) is 1.66. The second-order valence-corrected chi connectivity index (χ2v) is 3.90. The van der Waals surface area contributed by atoms with Crippen molar-refractivity contribution in [3.8, 4) is 5.69 Å². The Kier molecular flexibility index (Phi) is 3.69. The van der Waals surface area contributed by atoms with E-state index in [0.717, 1.165) is 12.0 Å². The summed E-state index contributed by atoms with van der Waals surface area (Å²) >= 11 is 0. The fraction of sp³-hybridized carbons (Fsp3) is 0.250. The number of aromatic nitrogens is 2. The SMILES string of the molecule is O=[N+]([O-])c1cccc(-n2cc(CCCO)cn2)c1. The molecule has 6 heteroatoms. The van der Waals surface area contributed by atoms with Crippen LogP contribution in [0, 0.1) is 10.1 Å². The monoisotopic (exact) mass is 247 g/mol. The highest BCUT2D eigenvalue weighted by molar-refractivity contribution is 5.42. The lowest BCUT2D eigenvalue weighted by atomic mass is 10.2. The Morgan fingerprint density at radius 1 is 1.44 bits per heavy atom. The van der Waals surface area contributed by atoms with E-state index >= 15 is 0 Å². The van der Waals surface area contributed by atoms with Gasteiger partial charge in [-0.05, 0) is 24.5 Å². The van der Waals surface area contributed by atoms with Crippen LogP contribution in [0.5, 0.6) is 0 Å². The molecule has 0 aliphatic rings. The van der Waals surface area contributed by atoms with Crippen LogP contribution in [-0.4, -0.2) is 26.4 Å². The van der Waals surface area contributed by atoms with Crippen molar-refractivity contribution in [2.45, 2.75) is 12.8 Å². The van der Waals surface area contributed by atoms with Crippen LogP contribution in [0.4, 0.5) is 5.69 Å². The first-order valence-electron chi connectivity index (χ1n) is 5.60. The molecule has 2 rings (SSSR count). The number of aliphatic hydroxyl groups excluding tert-OH is 1. The van der Waals surface area contributed by atoms with E-state index in [2.05, 4.69) is 5.10 Å². The normalized spacial score (nSPS) is 10.5. The number of nitro benzene ring substituents is 1. The molecule has 1 aromatic heterocycles. The molecule has 0 bridgehead atoms. The largest absolute Gasteiger partial charge is 0.396 e. The molecule has 0 aliphatic heterocycles. The van der Waals surface area contributed by atoms with E-state index < -0.39 is 4.92 Å². The summed E-state index contributed by atoms with van der Waals surface area (Å²) < 4.78 is 1.60. The lowest BCUT2D eigenvalue weighted by molar-refractivity contribution is -0.384. The molecule has 1 N–H and O–H groups in total. The van der Waals surface area contributed by atoms with E-state index in [1.54, 1.807) is 23.0 Å². The molecule has 0 saturated heterocycles. The van der Waals surface area contributed by atoms with Gasteiger partial charge >= 0.3 is 0 Å². The second-order valence-electron chi connectivity index (χ2n) is 3.90. The average molecular weight is 247 g/mol. The molecule has 0 atom stereocenters. The van der Waals surface area contributed by atoms with Crippen molar-refractivity contribution in [1.82, 2.24) is 9.78 Å². The molecule has 0 radical (unpaired) electrons. The van der Waals surface area contributed by atoms with E-state index in [0.29, 0.717) is 12.1 Å². The number of hydrogen-bond acceptors (Lipinski definition) is 4. The summed E-state index contributed by atoms with van der Waals surface area (Å²) in [6.07, 6.45) is 4.94. The van der Waals surface area contributed by atoms with Crippen molar-refractivity contribution < 1.29 is 10.0 Å². The van der Waals surface area contributed by atoms with Crippen molar-refractivity contribution in [3.63, 3.8) is 0 Å². The van der Waals surface area contributed by atoms with Gasteiger partial charge in [-0.1, -0.05) is 6.07 Å². The van der Waals surface area contributed by atoms with E-state index in [4.69, 9.17) is 5.11 Å². The molecular formula is C12H13N3O3. The second kappa shape index (κ2) is 5.42. The van der Waals surface area contributed by atoms with Gasteiger partial charge in [-0.15, -0.1) is 0 Å². The summed E-state index contributed by atoms with van der Waals surface area (Å²) in [5, 5.41) is 23.6. The minimum Gasteiger partial charge on any atom is -0.396 e. The van der Waals surface area contributed by atoms with Crippen molar-refractivity contribution in [2.24, 2.45) is 0 Å². The van der Waals surface area contributed by atoms with Gasteiger partial charge in [-0.3, -0.25) is 10.1 Å². The summed E-state index contributed by atoms with van der Waals surface area (Å²) in [5.74, 6) is 0. The van der Waals surface area contributed by atoms with Gasteiger partial charge in [0.15, 0.2) is 0 Å². The van der Waals surface area contributed by atoms with Crippen LogP contribution >= 0.6 is 0 Å². The number of rotatable bonds is 5. The van der Waals surface area contributed by atoms with Crippen LogP contribution in [0.1, 0.15) is 12.0 Å². The van der Waals surface area contributed by atoms with Gasteiger partial charge in [0.05, 0.1) is 16.8 Å². The molecule has 1 heterocycles. The van der Waals surface area contributed by atoms with Gasteiger partial charge in [0.25, 0.3) is 5.69 Å². The minimum absolute atomic E-state index is 0.0416. The molecule has 0 spiro atoms. The lowest BCUT2D eigenvalue weighted by Crippen LogP contribution is -1.96. The molecule has 1 aromatic carbocycles. The number of nitro groups is 1. The Labute approximate surface area is 104 Å². The van der Waals surface area contributed by atoms with Crippen LogP contribution in [0.15, 0.2) is 36.7 Å². The van der Waals surface area contributed by atoms with Crippen LogP contribution in [0.3, 0.4) is 0 Å². The van der Waals surface area contributed by atoms with Gasteiger partial charge in [0.1, 0.15) is 0 Å². The molecule has 6 nitrogen and oxygen atoms in total. The number of aryl methyl sites for hydroxylation is 1. The number of benzene rings is 1. The quantitative estimate of drug-likeness (QED) is 0.644. The zero-order chi connectivity index (χ0) is 13.0. The van der Waals surface area contributed by atoms with Crippen molar-refractivity contribution in [2.75, 3.05) is 6.61 Å². The molecular weight excluding hydrogens is 234 g/mol. The molecule has 0 aliphatic carbocycles. The van der Waals surface area contributed by atoms with E-state index in [-0.39, 0.29) is 12.3 Å². The highest BCUT2D eigenvalue weighted by Crippen LogP contribution is 2.16. The van der Waals surface area contributed by atoms with E-state index in [1.807, 2.05) is 6.20 Å². The Morgan fingerprint density at radius 3 is 3.00 bits per heavy atom. The number of nitrogens with zero attached hydrogens (tertiary/aromatic N) is 3. The third-order valence-corrected chi connectivity index (χ3v) is 2.56. The molecule has 0 amide bonds. The van der Waals surface area contributed by atoms with Gasteiger partial charge in [0.2, 0.25) is 0 Å². The highest BCUT2D eigenvalue weighted by atomic mass is 16.6. The van der Waals surface area contributed by atoms with Crippen LogP contribution in [0.2, 0.25) is 0 Å². The Hall–Kier alpha value is -2.21. The minimum atomic E-state index is -0.431. The standard InChI is InChI=1S/C12H13N3O3/c16-6-2-3-10-8-13-14(9-10)11-4-1-5-12(7-11)15(17)18/h1,4-5,7-9,16H,2-3,6H2. The molecule has 0 saturated carbocycles. The molecule has 0 unspecified atom stereocenters. The molecule has 0 fully saturated rings. The van der Waals surface area contributed by atoms with E-state index in [1.165, 1.54) is 12.1 Å². The molecule has 94 valence electrons. The summed E-state index contributed by atoms with van der Waals surface area (Å²) in [7, 11) is 0. The Bertz CT molecular complexity index is 551. The first kappa shape index (κ1) is 12.3. The first-order valence-corrected chi connectivity index (χ1v) is 5.60. The summed E-state index contributed by atoms with van der Waals surface area (Å²) in [6.45, 7) is 0.141. The topological polar surface area (TPSA) is 81.2 Å². The highest BCUT2D eigenvalue weighted by Gasteiger charge is 2.07. The van der Waals surface area contributed by atoms with Crippen molar-refractivity contribution in [3.05, 3.63) is 52.3 Å². The van der Waals surface area contributed by atoms with E-state index in [9.17, 15) is 10.1 Å². The molecule has 18 heavy (non-hydrogen) atoms. The number of hydrogen-bond donors (Lipinski definition) is 1. The third kappa shape index (κ3) is 2.72. The van der Waals surface area contributed by atoms with Gasteiger partial charge in [-0.25, -0.2) is 4.68 Å². The Morgan fingerprint density at radius 2 is 2.28 bits per heavy atom. The summed E-state index contributed by atoms with van der Waals surface area (Å²) in [5.41, 5.74) is 1.69. The van der Waals surface area contributed by atoms with Gasteiger partial charge in [-0.2, -0.15) is 5.10 Å². The summed E-state index contributed by atoms with van der Waals surface area (Å²) in [6, 6.07) is 6.31. The zero-order valence-corrected chi connectivity index (χ0v) is 9.69. The number of non-ortho nitro benzene ring substituents is 1. The maximum Gasteiger partial charge on any atom is 0.271 e. The van der Waals surface area contributed by atoms with Crippen molar-refractivity contribution >= 4 is 5.69 Å².